The molecule has 0 N–H and O–H groups in total. The predicted octanol–water partition coefficient (Wildman–Crippen LogP) is 3.76. The molecule has 0 bridgehead atoms. The molecule has 1 fully saturated rings. The van der Waals surface area contributed by atoms with E-state index in [1.807, 2.05) is 0 Å². The molecule has 2 heterocycles. The Kier molecular flexibility index (Phi) is 9.53. The van der Waals surface area contributed by atoms with Crippen molar-refractivity contribution in [1.82, 2.24) is 9.88 Å². The summed E-state index contributed by atoms with van der Waals surface area (Å²) < 4.78 is 55.7. The van der Waals surface area contributed by atoms with Crippen molar-refractivity contribution in [3.8, 4) is 11.5 Å². The number of methoxy groups -OCH3 is 2. The van der Waals surface area contributed by atoms with Crippen LogP contribution in [0.2, 0.25) is 0 Å². The van der Waals surface area contributed by atoms with Crippen LogP contribution in [0.25, 0.3) is 10.2 Å². The minimum Gasteiger partial charge on any atom is -0.495 e. The number of ether oxygens (including phenoxy) is 3. The average Bonchev–Trinajstić information content (AvgIpc) is 3.36. The Hall–Kier alpha value is -2.80. The molecule has 0 unspecified atom stereocenters. The second-order valence-corrected chi connectivity index (χ2v) is 12.0. The first-order chi connectivity index (χ1) is 18.3. The quantitative estimate of drug-likeness (QED) is 0.306. The molecule has 9 nitrogen and oxygen atoms in total. The molecule has 4 rings (SSSR count). The molecule has 1 aromatic heterocycles. The van der Waals surface area contributed by atoms with Gasteiger partial charge in [0.05, 0.1) is 38.1 Å². The van der Waals surface area contributed by atoms with Gasteiger partial charge in [-0.25, -0.2) is 17.8 Å². The number of benzene rings is 2. The van der Waals surface area contributed by atoms with E-state index in [2.05, 4.69) is 4.90 Å². The highest BCUT2D eigenvalue weighted by Gasteiger charge is 2.24. The maximum absolute atomic E-state index is 13.4. The minimum absolute atomic E-state index is 0.0299. The van der Waals surface area contributed by atoms with Gasteiger partial charge in [-0.05, 0) is 49.2 Å². The summed E-state index contributed by atoms with van der Waals surface area (Å²) in [7, 11) is -0.496. The Morgan fingerprint density at radius 2 is 1.76 bits per heavy atom. The summed E-state index contributed by atoms with van der Waals surface area (Å²) in [5.41, 5.74) is 0.608. The molecule has 1 amide bonds. The van der Waals surface area contributed by atoms with E-state index in [4.69, 9.17) is 19.2 Å². The van der Waals surface area contributed by atoms with Gasteiger partial charge in [-0.2, -0.15) is 0 Å². The lowest BCUT2D eigenvalue weighted by Gasteiger charge is -2.27. The summed E-state index contributed by atoms with van der Waals surface area (Å²) in [6.07, 6.45) is 0.891. The fourth-order valence-electron chi connectivity index (χ4n) is 4.30. The summed E-state index contributed by atoms with van der Waals surface area (Å²) >= 11 is 1.34. The highest BCUT2D eigenvalue weighted by molar-refractivity contribution is 7.91. The average molecular weight is 566 g/mol. The first kappa shape index (κ1) is 28.2. The van der Waals surface area contributed by atoms with E-state index in [-0.39, 0.29) is 29.4 Å². The van der Waals surface area contributed by atoms with E-state index in [0.29, 0.717) is 41.9 Å². The van der Waals surface area contributed by atoms with Crippen LogP contribution in [0.1, 0.15) is 19.3 Å². The van der Waals surface area contributed by atoms with E-state index in [9.17, 15) is 17.6 Å². The molecule has 0 spiro atoms. The number of hydrogen-bond acceptors (Lipinski definition) is 9. The van der Waals surface area contributed by atoms with Crippen molar-refractivity contribution in [2.75, 3.05) is 64.3 Å². The Morgan fingerprint density at radius 1 is 1.08 bits per heavy atom. The van der Waals surface area contributed by atoms with Crippen LogP contribution in [-0.4, -0.2) is 83.6 Å². The van der Waals surface area contributed by atoms with Gasteiger partial charge in [0, 0.05) is 32.6 Å². The largest absolute Gasteiger partial charge is 0.495 e. The highest BCUT2D eigenvalue weighted by Crippen LogP contribution is 2.40. The zero-order valence-electron chi connectivity index (χ0n) is 21.5. The summed E-state index contributed by atoms with van der Waals surface area (Å²) in [6.45, 7) is 4.34. The summed E-state index contributed by atoms with van der Waals surface area (Å²) in [4.78, 5) is 22.1. The van der Waals surface area contributed by atoms with Crippen LogP contribution in [0.4, 0.5) is 9.52 Å². The molecule has 12 heteroatoms. The maximum atomic E-state index is 13.4. The van der Waals surface area contributed by atoms with Crippen molar-refractivity contribution >= 4 is 42.4 Å². The molecule has 38 heavy (non-hydrogen) atoms. The molecular weight excluding hydrogens is 533 g/mol. The van der Waals surface area contributed by atoms with Gasteiger partial charge in [-0.3, -0.25) is 14.6 Å². The lowest BCUT2D eigenvalue weighted by atomic mass is 10.2. The zero-order chi connectivity index (χ0) is 27.1. The standard InChI is InChI=1S/C26H32FN3O6S2/c1-34-21-10-11-22(35-2)25-24(21)28-26(37-25)30(13-4-12-29-14-16-36-17-15-29)23(31)5-3-18-38(32,33)20-8-6-19(27)7-9-20/h6-11H,3-5,12-18H2,1-2H3. The molecule has 1 aliphatic rings. The van der Waals surface area contributed by atoms with Crippen molar-refractivity contribution < 1.29 is 31.8 Å². The summed E-state index contributed by atoms with van der Waals surface area (Å²) in [5, 5.41) is 0.510. The summed E-state index contributed by atoms with van der Waals surface area (Å²) in [5.74, 6) is 0.285. The number of fused-ring (bicyclic) bond motifs is 1. The Bertz CT molecular complexity index is 1300. The first-order valence-electron chi connectivity index (χ1n) is 12.4. The van der Waals surface area contributed by atoms with Crippen molar-refractivity contribution in [3.63, 3.8) is 0 Å². The van der Waals surface area contributed by atoms with Crippen LogP contribution in [0, 0.1) is 5.82 Å². The van der Waals surface area contributed by atoms with Crippen LogP contribution < -0.4 is 14.4 Å². The van der Waals surface area contributed by atoms with Crippen LogP contribution in [0.5, 0.6) is 11.5 Å². The predicted molar refractivity (Wildman–Crippen MR) is 145 cm³/mol. The van der Waals surface area contributed by atoms with Gasteiger partial charge in [0.15, 0.2) is 15.0 Å². The van der Waals surface area contributed by atoms with E-state index in [1.165, 1.54) is 23.5 Å². The highest BCUT2D eigenvalue weighted by atomic mass is 32.2. The fourth-order valence-corrected chi connectivity index (χ4v) is 6.73. The van der Waals surface area contributed by atoms with Crippen molar-refractivity contribution in [2.24, 2.45) is 0 Å². The number of rotatable bonds is 12. The number of halogens is 1. The zero-order valence-corrected chi connectivity index (χ0v) is 23.2. The molecule has 1 saturated heterocycles. The number of thiazole rings is 1. The van der Waals surface area contributed by atoms with Gasteiger partial charge in [0.1, 0.15) is 27.5 Å². The van der Waals surface area contributed by atoms with Gasteiger partial charge < -0.3 is 14.2 Å². The van der Waals surface area contributed by atoms with E-state index in [1.54, 1.807) is 31.3 Å². The third-order valence-electron chi connectivity index (χ3n) is 6.37. The van der Waals surface area contributed by atoms with E-state index < -0.39 is 15.7 Å². The fraction of sp³-hybridized carbons (Fsp3) is 0.462. The third-order valence-corrected chi connectivity index (χ3v) is 9.28. The first-order valence-corrected chi connectivity index (χ1v) is 14.9. The number of sulfone groups is 1. The third kappa shape index (κ3) is 6.79. The van der Waals surface area contributed by atoms with Gasteiger partial charge in [0.25, 0.3) is 0 Å². The van der Waals surface area contributed by atoms with Crippen LogP contribution in [0.15, 0.2) is 41.3 Å². The minimum atomic E-state index is -3.64. The number of aromatic nitrogens is 1. The molecular formula is C26H32FN3O6S2. The number of nitrogens with zero attached hydrogens (tertiary/aromatic N) is 3. The summed E-state index contributed by atoms with van der Waals surface area (Å²) in [6, 6.07) is 8.29. The van der Waals surface area contributed by atoms with Gasteiger partial charge in [-0.1, -0.05) is 11.3 Å². The normalized spacial score (nSPS) is 14.5. The number of carbonyl (C=O) groups is 1. The number of morpholine rings is 1. The van der Waals surface area contributed by atoms with Crippen molar-refractivity contribution in [1.29, 1.82) is 0 Å². The SMILES string of the molecule is COc1ccc(OC)c2sc(N(CCCN3CCOCC3)C(=O)CCCS(=O)(=O)c3ccc(F)cc3)nc12. The van der Waals surface area contributed by atoms with E-state index >= 15 is 0 Å². The maximum Gasteiger partial charge on any atom is 0.228 e. The topological polar surface area (TPSA) is 98.3 Å². The van der Waals surface area contributed by atoms with Crippen LogP contribution >= 0.6 is 11.3 Å². The van der Waals surface area contributed by atoms with Gasteiger partial charge >= 0.3 is 0 Å². The number of carbonyl (C=O) groups excluding carboxylic acids is 1. The van der Waals surface area contributed by atoms with Crippen LogP contribution in [-0.2, 0) is 19.4 Å². The molecule has 1 aliphatic heterocycles. The lowest BCUT2D eigenvalue weighted by Crippen LogP contribution is -2.39. The second kappa shape index (κ2) is 12.8. The van der Waals surface area contributed by atoms with Gasteiger partial charge in [-0.15, -0.1) is 0 Å². The molecule has 0 saturated carbocycles. The van der Waals surface area contributed by atoms with E-state index in [0.717, 1.165) is 42.9 Å². The number of amides is 1. The van der Waals surface area contributed by atoms with Crippen LogP contribution in [0.3, 0.4) is 0 Å². The number of hydrogen-bond donors (Lipinski definition) is 0. The molecule has 0 aliphatic carbocycles. The van der Waals surface area contributed by atoms with Gasteiger partial charge in [0.2, 0.25) is 5.91 Å². The molecule has 0 atom stereocenters. The monoisotopic (exact) mass is 565 g/mol. The lowest BCUT2D eigenvalue weighted by molar-refractivity contribution is -0.118. The molecule has 2 aromatic carbocycles. The molecule has 206 valence electrons. The molecule has 0 radical (unpaired) electrons. The number of anilines is 1. The Morgan fingerprint density at radius 3 is 2.45 bits per heavy atom. The molecule has 3 aromatic rings. The Balaban J connectivity index is 1.50. The van der Waals surface area contributed by atoms with Crippen molar-refractivity contribution in [3.05, 3.63) is 42.2 Å². The Labute approximate surface area is 226 Å². The second-order valence-electron chi connectivity index (χ2n) is 8.87. The smallest absolute Gasteiger partial charge is 0.228 e. The van der Waals surface area contributed by atoms with Crippen molar-refractivity contribution in [2.45, 2.75) is 24.2 Å².